The molecule has 2 rings (SSSR count). The van der Waals surface area contributed by atoms with E-state index >= 15 is 0 Å². The Hall–Kier alpha value is -1.95. The molecule has 0 aromatic heterocycles. The summed E-state index contributed by atoms with van der Waals surface area (Å²) in [5.74, 6) is 1.09. The third-order valence-corrected chi connectivity index (χ3v) is 3.33. The second-order valence-electron chi connectivity index (χ2n) is 3.93. The van der Waals surface area contributed by atoms with Gasteiger partial charge in [-0.25, -0.2) is 0 Å². The number of amides is 1. The van der Waals surface area contributed by atoms with Gasteiger partial charge in [-0.05, 0) is 43.8 Å². The fourth-order valence-electron chi connectivity index (χ4n) is 1.74. The molecule has 2 N–H and O–H groups in total. The van der Waals surface area contributed by atoms with Crippen LogP contribution < -0.4 is 15.2 Å². The van der Waals surface area contributed by atoms with Crippen molar-refractivity contribution < 1.29 is 14.3 Å². The molecule has 0 fully saturated rings. The number of hydrogen-bond acceptors (Lipinski definition) is 5. The number of aliphatic imine (C=N–C) groups is 1. The van der Waals surface area contributed by atoms with Gasteiger partial charge in [-0.1, -0.05) is 0 Å². The molecule has 0 aliphatic carbocycles. The molecular formula is C14H16N2O3S. The van der Waals surface area contributed by atoms with Crippen LogP contribution in [-0.4, -0.2) is 24.3 Å². The lowest BCUT2D eigenvalue weighted by Gasteiger charge is -2.10. The van der Waals surface area contributed by atoms with Crippen LogP contribution in [0.15, 0.2) is 28.1 Å². The molecule has 0 bridgehead atoms. The predicted octanol–water partition coefficient (Wildman–Crippen LogP) is 2.41. The molecule has 1 amide bonds. The van der Waals surface area contributed by atoms with Gasteiger partial charge in [0.05, 0.1) is 18.1 Å². The quantitative estimate of drug-likeness (QED) is 0.844. The van der Waals surface area contributed by atoms with E-state index in [1.807, 2.05) is 32.0 Å². The normalized spacial score (nSPS) is 16.4. The van der Waals surface area contributed by atoms with Gasteiger partial charge in [-0.15, -0.1) is 0 Å². The zero-order valence-corrected chi connectivity index (χ0v) is 12.2. The first-order valence-electron chi connectivity index (χ1n) is 6.31. The molecule has 0 spiro atoms. The second-order valence-corrected chi connectivity index (χ2v) is 4.99. The smallest absolute Gasteiger partial charge is 0.286 e. The van der Waals surface area contributed by atoms with Crippen molar-refractivity contribution >= 4 is 28.9 Å². The summed E-state index contributed by atoms with van der Waals surface area (Å²) >= 11 is 1.16. The van der Waals surface area contributed by atoms with E-state index in [4.69, 9.17) is 15.2 Å². The SMILES string of the molecule is CCOc1ccc(/C=C2/SC(N)=NC2=O)c(OCC)c1. The predicted molar refractivity (Wildman–Crippen MR) is 81.0 cm³/mol. The highest BCUT2D eigenvalue weighted by molar-refractivity contribution is 8.18. The Balaban J connectivity index is 2.31. The Kier molecular flexibility index (Phi) is 4.68. The van der Waals surface area contributed by atoms with E-state index in [2.05, 4.69) is 4.99 Å². The van der Waals surface area contributed by atoms with Gasteiger partial charge in [0, 0.05) is 11.6 Å². The Labute approximate surface area is 121 Å². The first kappa shape index (κ1) is 14.5. The van der Waals surface area contributed by atoms with Gasteiger partial charge in [-0.2, -0.15) is 4.99 Å². The fourth-order valence-corrected chi connectivity index (χ4v) is 2.41. The largest absolute Gasteiger partial charge is 0.494 e. The lowest BCUT2D eigenvalue weighted by atomic mass is 10.1. The Morgan fingerprint density at radius 1 is 1.30 bits per heavy atom. The van der Waals surface area contributed by atoms with E-state index in [0.29, 0.717) is 23.9 Å². The van der Waals surface area contributed by atoms with E-state index in [-0.39, 0.29) is 11.1 Å². The number of nitrogens with two attached hydrogens (primary N) is 1. The van der Waals surface area contributed by atoms with Crippen molar-refractivity contribution in [2.24, 2.45) is 10.7 Å². The number of carbonyl (C=O) groups is 1. The zero-order valence-electron chi connectivity index (χ0n) is 11.4. The van der Waals surface area contributed by atoms with E-state index in [0.717, 1.165) is 23.1 Å². The molecule has 6 heteroatoms. The van der Waals surface area contributed by atoms with Crippen LogP contribution in [0.25, 0.3) is 6.08 Å². The fraction of sp³-hybridized carbons (Fsp3) is 0.286. The number of amidine groups is 1. The van der Waals surface area contributed by atoms with Gasteiger partial charge >= 0.3 is 0 Å². The Morgan fingerprint density at radius 2 is 2.05 bits per heavy atom. The van der Waals surface area contributed by atoms with Gasteiger partial charge in [0.2, 0.25) is 0 Å². The summed E-state index contributed by atoms with van der Waals surface area (Å²) in [5.41, 5.74) is 6.33. The van der Waals surface area contributed by atoms with Gasteiger partial charge < -0.3 is 15.2 Å². The van der Waals surface area contributed by atoms with E-state index in [1.54, 1.807) is 6.08 Å². The lowest BCUT2D eigenvalue weighted by Crippen LogP contribution is -2.01. The minimum absolute atomic E-state index is 0.269. The van der Waals surface area contributed by atoms with Crippen LogP contribution in [0, 0.1) is 0 Å². The molecule has 1 heterocycles. The molecule has 5 nitrogen and oxygen atoms in total. The number of rotatable bonds is 5. The summed E-state index contributed by atoms with van der Waals surface area (Å²) in [6.45, 7) is 4.95. The Morgan fingerprint density at radius 3 is 2.65 bits per heavy atom. The molecule has 0 saturated carbocycles. The third-order valence-electron chi connectivity index (χ3n) is 2.52. The van der Waals surface area contributed by atoms with Crippen LogP contribution in [0.3, 0.4) is 0 Å². The monoisotopic (exact) mass is 292 g/mol. The van der Waals surface area contributed by atoms with Crippen LogP contribution in [0.2, 0.25) is 0 Å². The van der Waals surface area contributed by atoms with Crippen molar-refractivity contribution in [3.8, 4) is 11.5 Å². The van der Waals surface area contributed by atoms with E-state index in [9.17, 15) is 4.79 Å². The summed E-state index contributed by atoms with van der Waals surface area (Å²) in [6.07, 6.45) is 1.73. The first-order chi connectivity index (χ1) is 9.63. The van der Waals surface area contributed by atoms with Crippen molar-refractivity contribution in [2.75, 3.05) is 13.2 Å². The molecule has 1 aromatic rings. The van der Waals surface area contributed by atoms with Crippen LogP contribution in [0.1, 0.15) is 19.4 Å². The number of benzene rings is 1. The van der Waals surface area contributed by atoms with Crippen molar-refractivity contribution in [2.45, 2.75) is 13.8 Å². The number of ether oxygens (including phenoxy) is 2. The lowest BCUT2D eigenvalue weighted by molar-refractivity contribution is -0.113. The molecule has 0 unspecified atom stereocenters. The number of thioether (sulfide) groups is 1. The molecule has 1 aliphatic rings. The van der Waals surface area contributed by atoms with E-state index in [1.165, 1.54) is 0 Å². The summed E-state index contributed by atoms with van der Waals surface area (Å²) in [7, 11) is 0. The minimum atomic E-state index is -0.316. The summed E-state index contributed by atoms with van der Waals surface area (Å²) < 4.78 is 11.0. The molecule has 106 valence electrons. The highest BCUT2D eigenvalue weighted by Gasteiger charge is 2.20. The Bertz CT molecular complexity index is 582. The summed E-state index contributed by atoms with van der Waals surface area (Å²) in [4.78, 5) is 15.8. The standard InChI is InChI=1S/C14H16N2O3S/c1-3-18-10-6-5-9(11(8-10)19-4-2)7-12-13(17)16-14(15)20-12/h5-8H,3-4H2,1-2H3,(H2,15,16,17)/b12-7+. The summed E-state index contributed by atoms with van der Waals surface area (Å²) in [6, 6.07) is 5.51. The van der Waals surface area contributed by atoms with Crippen molar-refractivity contribution in [3.63, 3.8) is 0 Å². The molecule has 20 heavy (non-hydrogen) atoms. The van der Waals surface area contributed by atoms with Gasteiger partial charge in [0.1, 0.15) is 11.5 Å². The molecule has 1 aromatic carbocycles. The summed E-state index contributed by atoms with van der Waals surface area (Å²) in [5, 5.41) is 0.269. The number of carbonyl (C=O) groups excluding carboxylic acids is 1. The number of hydrogen-bond donors (Lipinski definition) is 1. The minimum Gasteiger partial charge on any atom is -0.494 e. The van der Waals surface area contributed by atoms with Gasteiger partial charge in [0.25, 0.3) is 5.91 Å². The second kappa shape index (κ2) is 6.47. The third kappa shape index (κ3) is 3.33. The topological polar surface area (TPSA) is 73.9 Å². The van der Waals surface area contributed by atoms with Crippen LogP contribution in [0.4, 0.5) is 0 Å². The van der Waals surface area contributed by atoms with E-state index < -0.39 is 0 Å². The van der Waals surface area contributed by atoms with Crippen LogP contribution >= 0.6 is 11.8 Å². The molecule has 0 saturated heterocycles. The highest BCUT2D eigenvalue weighted by atomic mass is 32.2. The average Bonchev–Trinajstić information content (AvgIpc) is 2.71. The average molecular weight is 292 g/mol. The first-order valence-corrected chi connectivity index (χ1v) is 7.13. The van der Waals surface area contributed by atoms with Crippen molar-refractivity contribution in [1.82, 2.24) is 0 Å². The zero-order chi connectivity index (χ0) is 14.5. The molecule has 1 aliphatic heterocycles. The van der Waals surface area contributed by atoms with Gasteiger partial charge in [-0.3, -0.25) is 4.79 Å². The molecule has 0 radical (unpaired) electrons. The maximum atomic E-state index is 11.6. The van der Waals surface area contributed by atoms with Crippen molar-refractivity contribution in [3.05, 3.63) is 28.7 Å². The maximum absolute atomic E-state index is 11.6. The maximum Gasteiger partial charge on any atom is 0.286 e. The van der Waals surface area contributed by atoms with Crippen molar-refractivity contribution in [1.29, 1.82) is 0 Å². The van der Waals surface area contributed by atoms with Gasteiger partial charge in [0.15, 0.2) is 5.17 Å². The molecule has 0 atom stereocenters. The number of nitrogens with zero attached hydrogens (tertiary/aromatic N) is 1. The molecular weight excluding hydrogens is 276 g/mol. The highest BCUT2D eigenvalue weighted by Crippen LogP contribution is 2.31. The van der Waals surface area contributed by atoms with Crippen LogP contribution in [0.5, 0.6) is 11.5 Å². The van der Waals surface area contributed by atoms with Crippen LogP contribution in [-0.2, 0) is 4.79 Å².